The Balaban J connectivity index is 1.75. The van der Waals surface area contributed by atoms with E-state index < -0.39 is 0 Å². The van der Waals surface area contributed by atoms with E-state index in [4.69, 9.17) is 0 Å². The van der Waals surface area contributed by atoms with Crippen LogP contribution in [0.5, 0.6) is 0 Å². The third-order valence-electron chi connectivity index (χ3n) is 5.07. The van der Waals surface area contributed by atoms with Gasteiger partial charge < -0.3 is 15.2 Å². The van der Waals surface area contributed by atoms with Crippen LogP contribution >= 0.6 is 0 Å². The molecule has 0 fully saturated rings. The standard InChI is InChI=1S/C23H24N6O/c1-6-23(30)25-17-7-8-20-18(9-17)15(3)12-29(20)21-10-22(24-11-14(21)2)26-19-13-28(5)27-16(19)4/h6-13H,1H2,2-5H3,(H,24,26)(H,25,30). The van der Waals surface area contributed by atoms with Gasteiger partial charge in [0, 0.05) is 42.8 Å². The van der Waals surface area contributed by atoms with Crippen LogP contribution in [0.4, 0.5) is 17.2 Å². The van der Waals surface area contributed by atoms with Crippen LogP contribution in [0.1, 0.15) is 16.8 Å². The van der Waals surface area contributed by atoms with Crippen LogP contribution in [0.25, 0.3) is 16.6 Å². The van der Waals surface area contributed by atoms with Crippen LogP contribution in [0.2, 0.25) is 0 Å². The molecule has 0 aliphatic heterocycles. The van der Waals surface area contributed by atoms with Crippen molar-refractivity contribution in [3.8, 4) is 5.69 Å². The Morgan fingerprint density at radius 1 is 1.13 bits per heavy atom. The van der Waals surface area contributed by atoms with Crippen LogP contribution in [0.3, 0.4) is 0 Å². The molecule has 0 spiro atoms. The van der Waals surface area contributed by atoms with Gasteiger partial charge in [0.15, 0.2) is 0 Å². The molecule has 4 aromatic rings. The number of rotatable bonds is 5. The zero-order chi connectivity index (χ0) is 21.4. The molecule has 7 heteroatoms. The average Bonchev–Trinajstić information content (AvgIpc) is 3.21. The van der Waals surface area contributed by atoms with Gasteiger partial charge in [-0.1, -0.05) is 6.58 Å². The van der Waals surface area contributed by atoms with E-state index in [0.717, 1.165) is 50.6 Å². The lowest BCUT2D eigenvalue weighted by molar-refractivity contribution is -0.111. The quantitative estimate of drug-likeness (QED) is 0.482. The van der Waals surface area contributed by atoms with Gasteiger partial charge in [-0.2, -0.15) is 5.10 Å². The van der Waals surface area contributed by atoms with Gasteiger partial charge in [-0.05, 0) is 56.2 Å². The Morgan fingerprint density at radius 2 is 1.93 bits per heavy atom. The molecule has 0 saturated heterocycles. The molecule has 0 aliphatic carbocycles. The highest BCUT2D eigenvalue weighted by atomic mass is 16.1. The summed E-state index contributed by atoms with van der Waals surface area (Å²) in [6.45, 7) is 9.57. The fourth-order valence-corrected chi connectivity index (χ4v) is 3.57. The van der Waals surface area contributed by atoms with Gasteiger partial charge in [-0.25, -0.2) is 4.98 Å². The van der Waals surface area contributed by atoms with Gasteiger partial charge >= 0.3 is 0 Å². The van der Waals surface area contributed by atoms with Crippen molar-refractivity contribution in [2.24, 2.45) is 7.05 Å². The smallest absolute Gasteiger partial charge is 0.247 e. The first-order chi connectivity index (χ1) is 14.4. The molecule has 1 amide bonds. The number of anilines is 3. The predicted octanol–water partition coefficient (Wildman–Crippen LogP) is 4.55. The summed E-state index contributed by atoms with van der Waals surface area (Å²) in [5.74, 6) is 0.527. The molecule has 152 valence electrons. The Bertz CT molecular complexity index is 1280. The molecule has 0 atom stereocenters. The summed E-state index contributed by atoms with van der Waals surface area (Å²) in [4.78, 5) is 16.2. The van der Waals surface area contributed by atoms with Crippen molar-refractivity contribution in [2.45, 2.75) is 20.8 Å². The second kappa shape index (κ2) is 7.51. The molecule has 0 bridgehead atoms. The maximum absolute atomic E-state index is 11.6. The Kier molecular flexibility index (Phi) is 4.87. The first kappa shape index (κ1) is 19.4. The number of carbonyl (C=O) groups excluding carboxylic acids is 1. The number of nitrogens with one attached hydrogen (secondary N) is 2. The predicted molar refractivity (Wildman–Crippen MR) is 121 cm³/mol. The van der Waals surface area contributed by atoms with Crippen LogP contribution in [0, 0.1) is 20.8 Å². The Hall–Kier alpha value is -3.87. The SMILES string of the molecule is C=CC(=O)Nc1ccc2c(c1)c(C)cn2-c1cc(Nc2cn(C)nc2C)ncc1C. The number of nitrogens with zero attached hydrogens (tertiary/aromatic N) is 4. The number of benzene rings is 1. The minimum atomic E-state index is -0.224. The van der Waals surface area contributed by atoms with E-state index >= 15 is 0 Å². The van der Waals surface area contributed by atoms with Crippen LogP contribution < -0.4 is 10.6 Å². The van der Waals surface area contributed by atoms with Gasteiger partial charge in [0.05, 0.1) is 22.6 Å². The highest BCUT2D eigenvalue weighted by Gasteiger charge is 2.12. The monoisotopic (exact) mass is 400 g/mol. The first-order valence-electron chi connectivity index (χ1n) is 9.65. The summed E-state index contributed by atoms with van der Waals surface area (Å²) >= 11 is 0. The molecule has 1 aromatic carbocycles. The van der Waals surface area contributed by atoms with Crippen molar-refractivity contribution in [2.75, 3.05) is 10.6 Å². The minimum Gasteiger partial charge on any atom is -0.337 e. The lowest BCUT2D eigenvalue weighted by atomic mass is 10.1. The largest absolute Gasteiger partial charge is 0.337 e. The third-order valence-corrected chi connectivity index (χ3v) is 5.07. The van der Waals surface area contributed by atoms with Crippen molar-refractivity contribution in [1.29, 1.82) is 0 Å². The van der Waals surface area contributed by atoms with Crippen molar-refractivity contribution in [3.05, 3.63) is 72.3 Å². The zero-order valence-electron chi connectivity index (χ0n) is 17.5. The molecule has 0 saturated carbocycles. The highest BCUT2D eigenvalue weighted by Crippen LogP contribution is 2.30. The number of aryl methyl sites for hydroxylation is 4. The number of amides is 1. The Labute approximate surface area is 175 Å². The van der Waals surface area contributed by atoms with Crippen molar-refractivity contribution in [3.63, 3.8) is 0 Å². The summed E-state index contributed by atoms with van der Waals surface area (Å²) in [7, 11) is 1.90. The average molecular weight is 400 g/mol. The van der Waals surface area contributed by atoms with Gasteiger partial charge in [0.1, 0.15) is 5.82 Å². The van der Waals surface area contributed by atoms with Crippen LogP contribution in [-0.4, -0.2) is 25.2 Å². The van der Waals surface area contributed by atoms with E-state index in [0.29, 0.717) is 0 Å². The van der Waals surface area contributed by atoms with E-state index in [-0.39, 0.29) is 5.91 Å². The molecule has 0 aliphatic rings. The number of hydrogen-bond donors (Lipinski definition) is 2. The topological polar surface area (TPSA) is 76.8 Å². The highest BCUT2D eigenvalue weighted by molar-refractivity contribution is 6.00. The van der Waals surface area contributed by atoms with Crippen LogP contribution in [-0.2, 0) is 11.8 Å². The van der Waals surface area contributed by atoms with E-state index in [9.17, 15) is 4.79 Å². The van der Waals surface area contributed by atoms with Gasteiger partial charge in [-0.3, -0.25) is 9.48 Å². The fourth-order valence-electron chi connectivity index (χ4n) is 3.57. The van der Waals surface area contributed by atoms with Gasteiger partial charge in [0.2, 0.25) is 5.91 Å². The summed E-state index contributed by atoms with van der Waals surface area (Å²) in [5.41, 5.74) is 6.86. The molecule has 3 heterocycles. The van der Waals surface area contributed by atoms with Gasteiger partial charge in [-0.15, -0.1) is 0 Å². The molecule has 4 rings (SSSR count). The van der Waals surface area contributed by atoms with E-state index in [1.807, 2.05) is 57.6 Å². The molecule has 7 nitrogen and oxygen atoms in total. The molecule has 2 N–H and O–H groups in total. The second-order valence-corrected chi connectivity index (χ2v) is 7.39. The maximum atomic E-state index is 11.6. The van der Waals surface area contributed by atoms with E-state index in [1.54, 1.807) is 4.68 Å². The van der Waals surface area contributed by atoms with Gasteiger partial charge in [0.25, 0.3) is 0 Å². The lowest BCUT2D eigenvalue weighted by Gasteiger charge is -2.12. The van der Waals surface area contributed by atoms with Crippen molar-refractivity contribution in [1.82, 2.24) is 19.3 Å². The van der Waals surface area contributed by atoms with E-state index in [1.165, 1.54) is 6.08 Å². The maximum Gasteiger partial charge on any atom is 0.247 e. The zero-order valence-corrected chi connectivity index (χ0v) is 17.5. The van der Waals surface area contributed by atoms with Crippen molar-refractivity contribution >= 4 is 34.0 Å². The summed E-state index contributed by atoms with van der Waals surface area (Å²) in [6.07, 6.45) is 7.17. The summed E-state index contributed by atoms with van der Waals surface area (Å²) in [6, 6.07) is 7.93. The minimum absolute atomic E-state index is 0.224. The first-order valence-corrected chi connectivity index (χ1v) is 9.65. The summed E-state index contributed by atoms with van der Waals surface area (Å²) < 4.78 is 3.93. The van der Waals surface area contributed by atoms with Crippen molar-refractivity contribution < 1.29 is 4.79 Å². The number of hydrogen-bond acceptors (Lipinski definition) is 4. The molecular weight excluding hydrogens is 376 g/mol. The number of pyridine rings is 1. The Morgan fingerprint density at radius 3 is 2.63 bits per heavy atom. The summed E-state index contributed by atoms with van der Waals surface area (Å²) in [5, 5.41) is 11.6. The third kappa shape index (κ3) is 3.57. The molecule has 0 unspecified atom stereocenters. The second-order valence-electron chi connectivity index (χ2n) is 7.39. The molecule has 30 heavy (non-hydrogen) atoms. The fraction of sp³-hybridized carbons (Fsp3) is 0.174. The molecule has 0 radical (unpaired) electrons. The molecule has 3 aromatic heterocycles. The van der Waals surface area contributed by atoms with Crippen LogP contribution in [0.15, 0.2) is 55.5 Å². The number of aromatic nitrogens is 4. The number of carbonyl (C=O) groups is 1. The number of fused-ring (bicyclic) bond motifs is 1. The van der Waals surface area contributed by atoms with E-state index in [2.05, 4.69) is 45.0 Å². The normalized spacial score (nSPS) is 10.9. The lowest BCUT2D eigenvalue weighted by Crippen LogP contribution is -2.07. The molecular formula is C23H24N6O.